The molecule has 0 aromatic carbocycles. The van der Waals surface area contributed by atoms with E-state index in [0.717, 1.165) is 32.1 Å². The van der Waals surface area contributed by atoms with Crippen molar-refractivity contribution in [1.29, 1.82) is 0 Å². The number of hydrogen-bond acceptors (Lipinski definition) is 12. The number of carbonyl (C=O) groups excluding carboxylic acids is 2. The third-order valence-electron chi connectivity index (χ3n) is 10.7. The Morgan fingerprint density at radius 2 is 1.00 bits per heavy atom. The molecule has 6 N–H and O–H groups in total. The quantitative estimate of drug-likeness (QED) is 0.00854. The van der Waals surface area contributed by atoms with Crippen LogP contribution in [0.1, 0.15) is 181 Å². The van der Waals surface area contributed by atoms with Crippen LogP contribution >= 0.6 is 7.82 Å². The normalized spacial score (nSPS) is 22.4. The molecule has 1 saturated carbocycles. The maximum atomic E-state index is 12.8. The van der Waals surface area contributed by atoms with Gasteiger partial charge in [0.05, 0.1) is 6.61 Å². The van der Waals surface area contributed by atoms with Crippen molar-refractivity contribution in [3.05, 3.63) is 48.6 Å². The van der Waals surface area contributed by atoms with Crippen molar-refractivity contribution in [2.24, 2.45) is 0 Å². The van der Waals surface area contributed by atoms with Crippen LogP contribution in [0.5, 0.6) is 0 Å². The van der Waals surface area contributed by atoms with Gasteiger partial charge in [0.25, 0.3) is 0 Å². The van der Waals surface area contributed by atoms with Gasteiger partial charge in [-0.05, 0) is 44.9 Å². The summed E-state index contributed by atoms with van der Waals surface area (Å²) in [6, 6.07) is 0. The van der Waals surface area contributed by atoms with Crippen LogP contribution in [0.2, 0.25) is 0 Å². The summed E-state index contributed by atoms with van der Waals surface area (Å²) in [5.41, 5.74) is 0. The predicted molar refractivity (Wildman–Crippen MR) is 239 cm³/mol. The molecule has 61 heavy (non-hydrogen) atoms. The number of hydrogen-bond donors (Lipinski definition) is 6. The highest BCUT2D eigenvalue weighted by Crippen LogP contribution is 2.47. The van der Waals surface area contributed by atoms with Gasteiger partial charge in [0, 0.05) is 12.5 Å². The second kappa shape index (κ2) is 37.2. The zero-order chi connectivity index (χ0) is 45.0. The molecule has 1 aliphatic rings. The van der Waals surface area contributed by atoms with E-state index >= 15 is 0 Å². The van der Waals surface area contributed by atoms with E-state index < -0.39 is 75.7 Å². The molecule has 1 fully saturated rings. The van der Waals surface area contributed by atoms with Gasteiger partial charge >= 0.3 is 19.8 Å². The molecule has 13 nitrogen and oxygen atoms in total. The second-order valence-corrected chi connectivity index (χ2v) is 17.7. The summed E-state index contributed by atoms with van der Waals surface area (Å²) in [6.45, 7) is 3.16. The smallest absolute Gasteiger partial charge is 0.458 e. The van der Waals surface area contributed by atoms with Gasteiger partial charge in [-0.1, -0.05) is 172 Å². The first-order valence-electron chi connectivity index (χ1n) is 23.5. The van der Waals surface area contributed by atoms with E-state index in [-0.39, 0.29) is 6.42 Å². The first-order valence-corrected chi connectivity index (χ1v) is 25.0. The highest BCUT2D eigenvalue weighted by Gasteiger charge is 2.51. The first-order chi connectivity index (χ1) is 29.4. The molecule has 14 heteroatoms. The summed E-state index contributed by atoms with van der Waals surface area (Å²) in [5.74, 6) is -1.40. The number of phosphoric ester groups is 1. The molecule has 0 spiro atoms. The van der Waals surface area contributed by atoms with Crippen LogP contribution in [0.4, 0.5) is 0 Å². The Hall–Kier alpha value is -2.19. The monoisotopic (exact) mass is 887 g/mol. The van der Waals surface area contributed by atoms with Crippen LogP contribution in [0, 0.1) is 0 Å². The van der Waals surface area contributed by atoms with Crippen LogP contribution in [0.3, 0.4) is 0 Å². The van der Waals surface area contributed by atoms with E-state index in [4.69, 9.17) is 18.5 Å². The molecule has 0 aromatic rings. The van der Waals surface area contributed by atoms with Crippen molar-refractivity contribution in [1.82, 2.24) is 0 Å². The van der Waals surface area contributed by atoms with Gasteiger partial charge in [-0.2, -0.15) is 0 Å². The van der Waals surface area contributed by atoms with E-state index in [9.17, 15) is 44.6 Å². The Bertz CT molecular complexity index is 1250. The Morgan fingerprint density at radius 1 is 0.557 bits per heavy atom. The largest absolute Gasteiger partial charge is 0.472 e. The Morgan fingerprint density at radius 3 is 1.51 bits per heavy atom. The number of esters is 2. The fourth-order valence-corrected chi connectivity index (χ4v) is 7.92. The summed E-state index contributed by atoms with van der Waals surface area (Å²) >= 11 is 0. The van der Waals surface area contributed by atoms with Crippen molar-refractivity contribution < 1.29 is 63.1 Å². The Balaban J connectivity index is 2.54. The number of aliphatic hydroxyl groups is 5. The number of phosphoric acid groups is 1. The van der Waals surface area contributed by atoms with Gasteiger partial charge in [-0.25, -0.2) is 9.36 Å². The lowest BCUT2D eigenvalue weighted by atomic mass is 9.85. The molecule has 0 radical (unpaired) electrons. The third kappa shape index (κ3) is 29.7. The molecule has 6 unspecified atom stereocenters. The van der Waals surface area contributed by atoms with Gasteiger partial charge in [0.2, 0.25) is 0 Å². The van der Waals surface area contributed by atoms with Gasteiger partial charge in [0.1, 0.15) is 43.2 Å². The first kappa shape index (κ1) is 56.8. The summed E-state index contributed by atoms with van der Waals surface area (Å²) in [6.07, 6.45) is 31.0. The zero-order valence-electron chi connectivity index (χ0n) is 37.4. The average Bonchev–Trinajstić information content (AvgIpc) is 3.24. The highest BCUT2D eigenvalue weighted by atomic mass is 31.2. The summed E-state index contributed by atoms with van der Waals surface area (Å²) in [7, 11) is -5.15. The summed E-state index contributed by atoms with van der Waals surface area (Å²) in [5, 5.41) is 50.1. The van der Waals surface area contributed by atoms with Gasteiger partial charge in [-0.15, -0.1) is 0 Å². The maximum absolute atomic E-state index is 12.8. The topological polar surface area (TPSA) is 210 Å². The van der Waals surface area contributed by atoms with Crippen LogP contribution in [-0.2, 0) is 32.7 Å². The molecule has 0 aromatic heterocycles. The van der Waals surface area contributed by atoms with Crippen molar-refractivity contribution >= 4 is 19.8 Å². The Labute approximate surface area is 367 Å². The number of carbonyl (C=O) groups is 2. The molecule has 354 valence electrons. The molecule has 1 rings (SSSR count). The fraction of sp³-hybridized carbons (Fsp3) is 0.787. The number of rotatable bonds is 38. The number of aliphatic hydroxyl groups excluding tert-OH is 5. The second-order valence-electron chi connectivity index (χ2n) is 16.3. The maximum Gasteiger partial charge on any atom is 0.472 e. The van der Waals surface area contributed by atoms with E-state index in [2.05, 4.69) is 26.0 Å². The van der Waals surface area contributed by atoms with Gasteiger partial charge < -0.3 is 39.9 Å². The molecular formula is C47H83O13P. The zero-order valence-corrected chi connectivity index (χ0v) is 38.3. The molecule has 1 aliphatic carbocycles. The van der Waals surface area contributed by atoms with Crippen LogP contribution in [0.15, 0.2) is 48.6 Å². The van der Waals surface area contributed by atoms with E-state index in [1.165, 1.54) is 128 Å². The number of unbranched alkanes of at least 4 members (excludes halogenated alkanes) is 21. The van der Waals surface area contributed by atoms with Crippen LogP contribution in [0.25, 0.3) is 0 Å². The van der Waals surface area contributed by atoms with Gasteiger partial charge in [-0.3, -0.25) is 13.8 Å². The minimum atomic E-state index is -5.15. The molecule has 0 heterocycles. The minimum Gasteiger partial charge on any atom is -0.458 e. The van der Waals surface area contributed by atoms with Crippen LogP contribution in [-0.4, -0.2) is 98.3 Å². The van der Waals surface area contributed by atoms with E-state index in [1.54, 1.807) is 6.08 Å². The van der Waals surface area contributed by atoms with E-state index in [0.29, 0.717) is 12.8 Å². The fourth-order valence-electron chi connectivity index (χ4n) is 6.95. The summed E-state index contributed by atoms with van der Waals surface area (Å²) < 4.78 is 33.3. The minimum absolute atomic E-state index is 0.0128. The number of ether oxygens (including phenoxy) is 2. The number of allylic oxidation sites excluding steroid dienone is 7. The molecule has 0 bridgehead atoms. The standard InChI is InChI=1S/C47H83O13P/c1-3-5-7-9-11-13-15-17-19-20-22-24-26-28-30-32-34-36-41(49)59-39(38-58-61(55,56)60-47-45(53)43(51)42(50)44(52)46(47)54)37-57-40(48)35-33-31-29-27-25-23-21-18-16-14-12-10-8-6-4-2/h22,24,28-31,33,35,39,42-47,50-54H,3-21,23,25-27,32,34,36-38H2,1-2H3,(H,55,56)/b24-22+,30-28+,31-29+,35-33+/t39-,42?,43+,44?,45?,46?,47?/m1/s1. The molecule has 0 amide bonds. The SMILES string of the molecule is CCCCCCCCCCC/C=C/C/C=C/CCCC(=O)O[C@H](COC(=O)/C=C/C=C/CCCCCCCCCCCCC)COP(=O)(O)OC1C(O)C(O)C(O)[C@H](O)C1O. The lowest BCUT2D eigenvalue weighted by Crippen LogP contribution is -2.64. The molecular weight excluding hydrogens is 803 g/mol. The summed E-state index contributed by atoms with van der Waals surface area (Å²) in [4.78, 5) is 35.5. The van der Waals surface area contributed by atoms with Crippen molar-refractivity contribution in [2.45, 2.75) is 224 Å². The van der Waals surface area contributed by atoms with Crippen LogP contribution < -0.4 is 0 Å². The predicted octanol–water partition coefficient (Wildman–Crippen LogP) is 9.17. The van der Waals surface area contributed by atoms with Crippen molar-refractivity contribution in [3.8, 4) is 0 Å². The lowest BCUT2D eigenvalue weighted by Gasteiger charge is -2.41. The third-order valence-corrected chi connectivity index (χ3v) is 11.7. The molecule has 0 aliphatic heterocycles. The Kier molecular flexibility index (Phi) is 34.7. The molecule has 8 atom stereocenters. The highest BCUT2D eigenvalue weighted by molar-refractivity contribution is 7.47. The average molecular weight is 887 g/mol. The van der Waals surface area contributed by atoms with Crippen molar-refractivity contribution in [2.75, 3.05) is 13.2 Å². The van der Waals surface area contributed by atoms with Crippen molar-refractivity contribution in [3.63, 3.8) is 0 Å². The van der Waals surface area contributed by atoms with Gasteiger partial charge in [0.15, 0.2) is 6.10 Å². The molecule has 0 saturated heterocycles. The van der Waals surface area contributed by atoms with E-state index in [1.807, 2.05) is 18.2 Å². The lowest BCUT2D eigenvalue weighted by molar-refractivity contribution is -0.220.